The van der Waals surface area contributed by atoms with Crippen LogP contribution < -0.4 is 21.3 Å². The van der Waals surface area contributed by atoms with Gasteiger partial charge in [-0.1, -0.05) is 82.3 Å². The van der Waals surface area contributed by atoms with Gasteiger partial charge in [0.05, 0.1) is 36.6 Å². The molecule has 4 aliphatic carbocycles. The van der Waals surface area contributed by atoms with Crippen molar-refractivity contribution in [3.05, 3.63) is 135 Å². The lowest BCUT2D eigenvalue weighted by molar-refractivity contribution is -0.307. The molecule has 9 rings (SSSR count). The minimum Gasteiger partial charge on any atom is -0.875 e. The number of allylic oxidation sites excluding steroid dienone is 6. The molecule has 0 unspecified atom stereocenters. The van der Waals surface area contributed by atoms with Crippen molar-refractivity contribution >= 4 is 33.1 Å². The van der Waals surface area contributed by atoms with Crippen LogP contribution in [0.15, 0.2) is 101 Å². The second-order valence-electron chi connectivity index (χ2n) is 19.2. The van der Waals surface area contributed by atoms with E-state index in [4.69, 9.17) is 16.2 Å². The number of rotatable bonds is 5. The van der Waals surface area contributed by atoms with E-state index in [9.17, 15) is 30.3 Å². The van der Waals surface area contributed by atoms with E-state index in [2.05, 4.69) is 35.1 Å². The first-order valence-corrected chi connectivity index (χ1v) is 25.4. The van der Waals surface area contributed by atoms with Gasteiger partial charge in [-0.3, -0.25) is 9.79 Å². The molecule has 2 heterocycles. The van der Waals surface area contributed by atoms with Crippen LogP contribution in [0.1, 0.15) is 116 Å². The van der Waals surface area contributed by atoms with Gasteiger partial charge < -0.3 is 41.7 Å². The fourth-order valence-electron chi connectivity index (χ4n) is 11.6. The normalized spacial score (nSPS) is 29.5. The number of aromatic hydroxyl groups is 2. The minimum atomic E-state index is -1.05. The van der Waals surface area contributed by atoms with Crippen molar-refractivity contribution in [1.29, 1.82) is 0 Å². The Bertz CT molecular complexity index is 2590. The first-order chi connectivity index (χ1) is 31.3. The average Bonchev–Trinajstić information content (AvgIpc) is 3.81. The number of nitrogens with two attached hydrogens (primary N) is 2. The van der Waals surface area contributed by atoms with E-state index in [-0.39, 0.29) is 54.3 Å². The van der Waals surface area contributed by atoms with E-state index < -0.39 is 34.6 Å². The van der Waals surface area contributed by atoms with Crippen molar-refractivity contribution in [2.45, 2.75) is 107 Å². The highest BCUT2D eigenvalue weighted by Crippen LogP contribution is 2.71. The van der Waals surface area contributed by atoms with Crippen LogP contribution in [-0.4, -0.2) is 56.0 Å². The molecule has 0 aromatic heterocycles. The summed E-state index contributed by atoms with van der Waals surface area (Å²) in [4.78, 5) is 18.1. The van der Waals surface area contributed by atoms with Gasteiger partial charge in [0, 0.05) is 53.0 Å². The topological polar surface area (TPSA) is 195 Å². The summed E-state index contributed by atoms with van der Waals surface area (Å²) in [6.45, 7) is 2.04. The summed E-state index contributed by atoms with van der Waals surface area (Å²) >= 11 is 0. The predicted molar refractivity (Wildman–Crippen MR) is 256 cm³/mol. The van der Waals surface area contributed by atoms with Crippen molar-refractivity contribution in [3.8, 4) is 29.1 Å². The number of aliphatic hydroxyl groups excluding tert-OH is 1. The molecule has 12 heteroatoms. The fourth-order valence-corrected chi connectivity index (χ4v) is 14.4. The summed E-state index contributed by atoms with van der Waals surface area (Å²) in [5.74, 6) is 7.98. The Morgan fingerprint density at radius 1 is 0.985 bits per heavy atom. The van der Waals surface area contributed by atoms with Crippen LogP contribution in [0.4, 0.5) is 0 Å². The number of aryl methyl sites for hydroxylation is 1. The van der Waals surface area contributed by atoms with Gasteiger partial charge in [0.15, 0.2) is 17.3 Å². The molecule has 0 saturated heterocycles. The third-order valence-electron chi connectivity index (χ3n) is 14.9. The van der Waals surface area contributed by atoms with Crippen molar-refractivity contribution in [2.24, 2.45) is 39.1 Å². The summed E-state index contributed by atoms with van der Waals surface area (Å²) in [6, 6.07) is 14.6. The van der Waals surface area contributed by atoms with E-state index in [0.29, 0.717) is 71.8 Å². The number of aliphatic imine (C=N–C) groups is 1. The van der Waals surface area contributed by atoms with Crippen LogP contribution in [0.25, 0.3) is 0 Å². The standard InChI is InChI=1S/C53H59N3O7S2/c1-32(57)4-2-6-44-36-14-19-53(62)30-51(44)18-15-38(58)11-8-33-10-13-47(60)49(23-33)63-21-17-34-9-12-46(59)43(22-34)42-26-48(61)39-16-20-56-45(39)7-3-5-35-24-41(50(54)55)37(25-40(35)42)28-64-65-31-52(53,27-36)29-51/h9-10,12-16,18-20,22-25,32,36,42,44,50,57,59-62H,2,4,6-8,11,17,21,26-31,54-55H2,1H3/p-1/b18-15+,48-39?/t32-,36-,42+,44-,51-,52+,53+/m0/s1. The summed E-state index contributed by atoms with van der Waals surface area (Å²) in [5, 5.41) is 59.4. The largest absolute Gasteiger partial charge is 0.875 e. The van der Waals surface area contributed by atoms with Gasteiger partial charge in [-0.05, 0) is 139 Å². The summed E-state index contributed by atoms with van der Waals surface area (Å²) in [6.07, 6.45) is 16.5. The number of benzene rings is 3. The molecule has 6 aliphatic rings. The first kappa shape index (κ1) is 45.4. The van der Waals surface area contributed by atoms with E-state index in [1.807, 2.05) is 37.3 Å². The molecule has 2 fully saturated rings. The molecule has 8 N–H and O–H groups in total. The van der Waals surface area contributed by atoms with Crippen LogP contribution >= 0.6 is 21.6 Å². The van der Waals surface area contributed by atoms with E-state index >= 15 is 0 Å². The zero-order chi connectivity index (χ0) is 45.5. The van der Waals surface area contributed by atoms with Crippen LogP contribution in [0.5, 0.6) is 17.2 Å². The summed E-state index contributed by atoms with van der Waals surface area (Å²) < 4.78 is 6.16. The third kappa shape index (κ3) is 9.08. The number of hydrogen-bond acceptors (Lipinski definition) is 12. The number of nitrogens with zero attached hydrogens (tertiary/aromatic N) is 1. The number of phenols is 2. The highest BCUT2D eigenvalue weighted by atomic mass is 33.1. The zero-order valence-corrected chi connectivity index (χ0v) is 38.4. The Kier molecular flexibility index (Phi) is 12.9. The molecule has 2 saturated carbocycles. The molecular formula is C53H58N3O7S2-. The van der Waals surface area contributed by atoms with E-state index in [1.54, 1.807) is 58.1 Å². The van der Waals surface area contributed by atoms with Crippen LogP contribution in [0, 0.1) is 34.5 Å². The summed E-state index contributed by atoms with van der Waals surface area (Å²) in [7, 11) is 3.41. The number of carbonyl (C=O) groups excluding carboxylic acids is 1. The number of aliphatic hydroxyl groups is 2. The zero-order valence-electron chi connectivity index (χ0n) is 36.8. The lowest BCUT2D eigenvalue weighted by Crippen LogP contribution is -2.49. The second-order valence-corrected chi connectivity index (χ2v) is 21.6. The Balaban J connectivity index is 1.11. The van der Waals surface area contributed by atoms with Crippen molar-refractivity contribution in [1.82, 2.24) is 0 Å². The van der Waals surface area contributed by atoms with Gasteiger partial charge in [-0.2, -0.15) is 0 Å². The van der Waals surface area contributed by atoms with Crippen molar-refractivity contribution < 1.29 is 35.1 Å². The highest BCUT2D eigenvalue weighted by Gasteiger charge is 2.68. The maximum absolute atomic E-state index is 14.2. The monoisotopic (exact) mass is 912 g/mol. The SMILES string of the molecule is C[C@H](O)CCC[C@H]1[C@H]2C=C[C@@]3(O)C[C@@]14/C=C/C(=O)CCc1ccc(O)c(c1)OCCc1ccc(O)c(c1)[C@@H]1CC([O-])=C5C=CN=C5CC#Cc5cc(C(N)N)c(cc51)CSSC[C@@]3(C2)C4. The van der Waals surface area contributed by atoms with E-state index in [1.165, 1.54) is 0 Å². The molecule has 2 aliphatic heterocycles. The Hall–Kier alpha value is -4.74. The van der Waals surface area contributed by atoms with Crippen LogP contribution in [0.2, 0.25) is 0 Å². The number of fused-ring (bicyclic) bond motifs is 8. The lowest BCUT2D eigenvalue weighted by atomic mass is 9.55. The maximum atomic E-state index is 14.2. The molecule has 10 nitrogen and oxygen atoms in total. The number of hydrogen-bond donors (Lipinski definition) is 6. The molecule has 3 aromatic rings. The Labute approximate surface area is 389 Å². The van der Waals surface area contributed by atoms with Gasteiger partial charge in [-0.15, -0.1) is 5.76 Å². The minimum absolute atomic E-state index is 0.00421. The highest BCUT2D eigenvalue weighted by molar-refractivity contribution is 8.76. The molecular weight excluding hydrogens is 855 g/mol. The summed E-state index contributed by atoms with van der Waals surface area (Å²) in [5.41, 5.74) is 17.7. The molecule has 9 bridgehead atoms. The number of phenolic OH excluding ortho intramolecular Hbond substituents is 2. The van der Waals surface area contributed by atoms with Crippen molar-refractivity contribution in [3.63, 3.8) is 0 Å². The number of carbonyl (C=O) groups is 1. The molecule has 3 aromatic carbocycles. The molecule has 0 radical (unpaired) electrons. The number of ketones is 1. The average molecular weight is 913 g/mol. The molecule has 1 spiro atoms. The lowest BCUT2D eigenvalue weighted by Gasteiger charge is -2.51. The maximum Gasteiger partial charge on any atom is 0.161 e. The quantitative estimate of drug-likeness (QED) is 0.0636. The Morgan fingerprint density at radius 3 is 2.62 bits per heavy atom. The smallest absolute Gasteiger partial charge is 0.161 e. The number of ether oxygens (including phenoxy) is 1. The van der Waals surface area contributed by atoms with Gasteiger partial charge in [-0.25, -0.2) is 0 Å². The fraction of sp³-hybridized carbons (Fsp3) is 0.434. The van der Waals surface area contributed by atoms with Gasteiger partial charge in [0.2, 0.25) is 0 Å². The predicted octanol–water partition coefficient (Wildman–Crippen LogP) is 7.70. The third-order valence-corrected chi connectivity index (χ3v) is 17.3. The second kappa shape index (κ2) is 18.5. The van der Waals surface area contributed by atoms with Gasteiger partial charge >= 0.3 is 0 Å². The van der Waals surface area contributed by atoms with Gasteiger partial charge in [0.1, 0.15) is 5.75 Å². The first-order valence-electron chi connectivity index (χ1n) is 22.9. The molecule has 65 heavy (non-hydrogen) atoms. The van der Waals surface area contributed by atoms with Crippen LogP contribution in [0.3, 0.4) is 0 Å². The van der Waals surface area contributed by atoms with Crippen molar-refractivity contribution in [2.75, 3.05) is 12.4 Å². The van der Waals surface area contributed by atoms with Crippen LogP contribution in [-0.2, 0) is 23.4 Å². The molecule has 340 valence electrons. The molecule has 0 amide bonds. The van der Waals surface area contributed by atoms with E-state index in [0.717, 1.165) is 53.5 Å². The molecule has 7 atom stereocenters. The Morgan fingerprint density at radius 2 is 1.80 bits per heavy atom. The van der Waals surface area contributed by atoms with Gasteiger partial charge in [0.25, 0.3) is 0 Å².